The van der Waals surface area contributed by atoms with Crippen molar-refractivity contribution in [1.29, 1.82) is 0 Å². The van der Waals surface area contributed by atoms with Gasteiger partial charge in [-0.3, -0.25) is 0 Å². The minimum absolute atomic E-state index is 0.0500. The molecule has 604 valence electrons. The highest BCUT2D eigenvalue weighted by molar-refractivity contribution is 6.16. The van der Waals surface area contributed by atoms with Crippen molar-refractivity contribution >= 4 is 60.7 Å². The molecule has 2 aliphatic carbocycles. The fourth-order valence-electron chi connectivity index (χ4n) is 21.2. The molecule has 0 bridgehead atoms. The van der Waals surface area contributed by atoms with Crippen LogP contribution in [0.5, 0.6) is 0 Å². The molecule has 0 unspecified atom stereocenters. The van der Waals surface area contributed by atoms with Gasteiger partial charge in [0, 0.05) is 60.8 Å². The van der Waals surface area contributed by atoms with Crippen molar-refractivity contribution in [3.8, 4) is 44.8 Å². The van der Waals surface area contributed by atoms with E-state index >= 15 is 0 Å². The van der Waals surface area contributed by atoms with E-state index in [0.29, 0.717) is 0 Å². The molecule has 115 heavy (non-hydrogen) atoms. The van der Waals surface area contributed by atoms with Gasteiger partial charge in [-0.2, -0.15) is 0 Å². The van der Waals surface area contributed by atoms with Crippen molar-refractivity contribution in [3.63, 3.8) is 0 Å². The summed E-state index contributed by atoms with van der Waals surface area (Å²) in [6.45, 7) is 25.7. The lowest BCUT2D eigenvalue weighted by Gasteiger charge is -2.34. The Morgan fingerprint density at radius 1 is 0.304 bits per heavy atom. The topological polar surface area (TPSA) is 13.1 Å². The van der Waals surface area contributed by atoms with Gasteiger partial charge in [0.05, 0.1) is 22.1 Å². The van der Waals surface area contributed by atoms with Gasteiger partial charge in [-0.1, -0.05) is 369 Å². The van der Waals surface area contributed by atoms with Crippen LogP contribution in [0, 0.1) is 13.8 Å². The van der Waals surface area contributed by atoms with Crippen molar-refractivity contribution < 1.29 is 0 Å². The first kappa shape index (κ1) is 83.1. The number of nitrogens with zero attached hydrogens (tertiary/aromatic N) is 3. The molecular formula is C112H141N3. The molecule has 0 N–H and O–H groups in total. The van der Waals surface area contributed by atoms with Gasteiger partial charge in [0.15, 0.2) is 0 Å². The van der Waals surface area contributed by atoms with E-state index in [9.17, 15) is 0 Å². The molecule has 2 aromatic heterocycles. The highest BCUT2D eigenvalue weighted by Crippen LogP contribution is 2.61. The number of hydrogen-bond donors (Lipinski definition) is 0. The summed E-state index contributed by atoms with van der Waals surface area (Å²) in [5.74, 6) is 0. The van der Waals surface area contributed by atoms with Crippen molar-refractivity contribution in [2.45, 2.75) is 336 Å². The van der Waals surface area contributed by atoms with Crippen LogP contribution in [0.25, 0.3) is 88.4 Å². The standard InChI is InChI=1S/C112H141N3/c1-12-18-24-30-34-44-74-111(75-45-35-31-25-19-13-2)99-78-83(8)56-68-92(99)94-71-73-104-107(109(94)111)97-51-41-43-53-102(97)115(104)105-81-84(48-38-28-22-16-5)98(79-86(105)49-39-29-23-17-6)85-57-69-93-95-70-72-103-106(108(95)112(100(93)80-85,76-46-36-32-26-20-14-3)77-47-37-33-27-21-15-4)96-50-40-42-52-101(96)114(103)91-66-64-90(65-67-91)113(88-60-54-82(7)55-61-88)89-62-58-87(59-63-89)110(9,10)11/h40-43,50-73,78-81H,12-39,44-49,74-77H2,1-11H3. The van der Waals surface area contributed by atoms with E-state index < -0.39 is 0 Å². The molecular weight excluding hydrogens is 1390 g/mol. The maximum absolute atomic E-state index is 2.82. The van der Waals surface area contributed by atoms with Crippen LogP contribution in [0.1, 0.15) is 344 Å². The van der Waals surface area contributed by atoms with E-state index in [4.69, 9.17) is 0 Å². The number of unbranched alkanes of at least 4 members (excludes halogenated alkanes) is 26. The summed E-state index contributed by atoms with van der Waals surface area (Å²) < 4.78 is 5.45. The van der Waals surface area contributed by atoms with Crippen LogP contribution in [0.15, 0.2) is 194 Å². The first-order valence-corrected chi connectivity index (χ1v) is 46.9. The number of aryl methyl sites for hydroxylation is 4. The van der Waals surface area contributed by atoms with Gasteiger partial charge < -0.3 is 14.0 Å². The van der Waals surface area contributed by atoms with Crippen LogP contribution in [0.3, 0.4) is 0 Å². The monoisotopic (exact) mass is 1530 g/mol. The molecule has 0 atom stereocenters. The summed E-state index contributed by atoms with van der Waals surface area (Å²) in [7, 11) is 0. The minimum atomic E-state index is -0.184. The predicted octanol–water partition coefficient (Wildman–Crippen LogP) is 34.7. The molecule has 0 aliphatic heterocycles. The summed E-state index contributed by atoms with van der Waals surface area (Å²) in [6, 6.07) is 78.6. The number of benzene rings is 10. The number of rotatable bonds is 44. The third kappa shape index (κ3) is 17.6. The second-order valence-corrected chi connectivity index (χ2v) is 36.8. The highest BCUT2D eigenvalue weighted by Gasteiger charge is 2.47. The Balaban J connectivity index is 0.949. The zero-order chi connectivity index (χ0) is 79.9. The Morgan fingerprint density at radius 2 is 0.687 bits per heavy atom. The van der Waals surface area contributed by atoms with Crippen LogP contribution >= 0.6 is 0 Å². The van der Waals surface area contributed by atoms with E-state index in [1.165, 1.54) is 334 Å². The van der Waals surface area contributed by atoms with Crippen LogP contribution in [-0.4, -0.2) is 9.13 Å². The molecule has 3 nitrogen and oxygen atoms in total. The van der Waals surface area contributed by atoms with E-state index in [2.05, 4.69) is 284 Å². The molecule has 0 spiro atoms. The Bertz CT molecular complexity index is 5140. The number of fused-ring (bicyclic) bond motifs is 14. The summed E-state index contributed by atoms with van der Waals surface area (Å²) in [5, 5.41) is 5.78. The molecule has 2 aliphatic rings. The Hall–Kier alpha value is -8.40. The Morgan fingerprint density at radius 3 is 1.17 bits per heavy atom. The van der Waals surface area contributed by atoms with Crippen LogP contribution < -0.4 is 4.90 Å². The highest BCUT2D eigenvalue weighted by atomic mass is 15.1. The molecule has 0 radical (unpaired) electrons. The zero-order valence-corrected chi connectivity index (χ0v) is 73.2. The molecule has 3 heteroatoms. The quantitative estimate of drug-likeness (QED) is 0.0347. The van der Waals surface area contributed by atoms with E-state index in [-0.39, 0.29) is 16.2 Å². The smallest absolute Gasteiger partial charge is 0.0544 e. The van der Waals surface area contributed by atoms with Gasteiger partial charge in [0.1, 0.15) is 0 Å². The SMILES string of the molecule is CCCCCCCCC1(CCCCCCCC)c2cc(-c3cc(CCCCCC)c(-n4c5ccccc5c5c6c(ccc54)-c4ccc(C)cc4C6(CCCCCCCC)CCCCCCCC)cc3CCCCCC)ccc2-c2ccc3c(c21)c1ccccc1n3-c1ccc(N(c2ccc(C)cc2)c2ccc(C(C)(C)C)cc2)cc1. The van der Waals surface area contributed by atoms with Crippen molar-refractivity contribution in [1.82, 2.24) is 9.13 Å². The van der Waals surface area contributed by atoms with Gasteiger partial charge in [0.2, 0.25) is 0 Å². The summed E-state index contributed by atoms with van der Waals surface area (Å²) in [5.41, 5.74) is 33.5. The summed E-state index contributed by atoms with van der Waals surface area (Å²) in [6.07, 6.45) is 47.9. The van der Waals surface area contributed by atoms with Crippen LogP contribution in [0.2, 0.25) is 0 Å². The summed E-state index contributed by atoms with van der Waals surface area (Å²) >= 11 is 0. The number of para-hydroxylation sites is 2. The lowest BCUT2D eigenvalue weighted by atomic mass is 9.69. The third-order valence-corrected chi connectivity index (χ3v) is 27.4. The lowest BCUT2D eigenvalue weighted by molar-refractivity contribution is 0.400. The maximum Gasteiger partial charge on any atom is 0.0544 e. The zero-order valence-electron chi connectivity index (χ0n) is 73.2. The molecule has 2 heterocycles. The second kappa shape index (κ2) is 38.8. The first-order valence-electron chi connectivity index (χ1n) is 46.9. The van der Waals surface area contributed by atoms with E-state index in [0.717, 1.165) is 42.7 Å². The molecule has 14 rings (SSSR count). The van der Waals surface area contributed by atoms with Gasteiger partial charge >= 0.3 is 0 Å². The number of aromatic nitrogens is 2. The summed E-state index contributed by atoms with van der Waals surface area (Å²) in [4.78, 5) is 2.43. The fraction of sp³-hybridized carbons (Fsp3) is 0.464. The Labute approximate surface area is 695 Å². The normalized spacial score (nSPS) is 13.4. The van der Waals surface area contributed by atoms with Crippen LogP contribution in [-0.2, 0) is 29.1 Å². The maximum atomic E-state index is 2.82. The van der Waals surface area contributed by atoms with Gasteiger partial charge in [-0.05, 0) is 234 Å². The van der Waals surface area contributed by atoms with Crippen molar-refractivity contribution in [2.75, 3.05) is 4.90 Å². The predicted molar refractivity (Wildman–Crippen MR) is 504 cm³/mol. The second-order valence-electron chi connectivity index (χ2n) is 36.8. The Kier molecular flexibility index (Phi) is 28.0. The molecule has 0 saturated carbocycles. The van der Waals surface area contributed by atoms with Gasteiger partial charge in [-0.25, -0.2) is 0 Å². The van der Waals surface area contributed by atoms with E-state index in [1.807, 2.05) is 0 Å². The number of anilines is 3. The van der Waals surface area contributed by atoms with Gasteiger partial charge in [0.25, 0.3) is 0 Å². The third-order valence-electron chi connectivity index (χ3n) is 27.4. The average Bonchev–Trinajstić information content (AvgIpc) is 1.53. The number of hydrogen-bond acceptors (Lipinski definition) is 1. The van der Waals surface area contributed by atoms with Crippen molar-refractivity contribution in [3.05, 3.63) is 244 Å². The molecule has 10 aromatic carbocycles. The first-order chi connectivity index (χ1) is 56.3. The van der Waals surface area contributed by atoms with Crippen molar-refractivity contribution in [2.24, 2.45) is 0 Å². The van der Waals surface area contributed by atoms with Crippen LogP contribution in [0.4, 0.5) is 17.1 Å². The largest absolute Gasteiger partial charge is 0.311 e. The molecule has 0 fully saturated rings. The fourth-order valence-corrected chi connectivity index (χ4v) is 21.2. The molecule has 12 aromatic rings. The lowest BCUT2D eigenvalue weighted by Crippen LogP contribution is -2.26. The average molecular weight is 1530 g/mol. The van der Waals surface area contributed by atoms with E-state index in [1.54, 1.807) is 22.3 Å². The van der Waals surface area contributed by atoms with Gasteiger partial charge in [-0.15, -0.1) is 0 Å². The molecule has 0 amide bonds. The molecule has 0 saturated heterocycles. The minimum Gasteiger partial charge on any atom is -0.311 e.